The SMILES string of the molecule is CC1CCC(Cl)C(Cc2ccccc2F)C1. The summed E-state index contributed by atoms with van der Waals surface area (Å²) in [4.78, 5) is 0. The van der Waals surface area contributed by atoms with Crippen molar-refractivity contribution in [1.82, 2.24) is 0 Å². The van der Waals surface area contributed by atoms with Crippen LogP contribution in [0.4, 0.5) is 4.39 Å². The van der Waals surface area contributed by atoms with E-state index in [9.17, 15) is 4.39 Å². The van der Waals surface area contributed by atoms with Crippen LogP contribution < -0.4 is 0 Å². The second kappa shape index (κ2) is 5.18. The third kappa shape index (κ3) is 2.76. The lowest BCUT2D eigenvalue weighted by Gasteiger charge is -2.31. The van der Waals surface area contributed by atoms with Gasteiger partial charge in [0.1, 0.15) is 5.82 Å². The molecule has 2 rings (SSSR count). The minimum absolute atomic E-state index is 0.0930. The highest BCUT2D eigenvalue weighted by molar-refractivity contribution is 6.20. The molecule has 0 bridgehead atoms. The Bertz CT molecular complexity index is 350. The van der Waals surface area contributed by atoms with Crippen LogP contribution in [0.15, 0.2) is 24.3 Å². The Balaban J connectivity index is 2.06. The molecule has 2 heteroatoms. The third-order valence-corrected chi connectivity index (χ3v) is 4.17. The quantitative estimate of drug-likeness (QED) is 0.672. The Kier molecular flexibility index (Phi) is 3.86. The van der Waals surface area contributed by atoms with E-state index in [4.69, 9.17) is 11.6 Å². The lowest BCUT2D eigenvalue weighted by Crippen LogP contribution is -2.26. The highest BCUT2D eigenvalue weighted by Gasteiger charge is 2.27. The van der Waals surface area contributed by atoms with Crippen molar-refractivity contribution in [2.45, 2.75) is 38.0 Å². The molecule has 3 atom stereocenters. The van der Waals surface area contributed by atoms with Crippen molar-refractivity contribution >= 4 is 11.6 Å². The smallest absolute Gasteiger partial charge is 0.126 e. The van der Waals surface area contributed by atoms with Gasteiger partial charge in [0.15, 0.2) is 0 Å². The molecular formula is C14H18ClF. The summed E-state index contributed by atoms with van der Waals surface area (Å²) in [6, 6.07) is 7.04. The fourth-order valence-electron chi connectivity index (χ4n) is 2.62. The lowest BCUT2D eigenvalue weighted by atomic mass is 9.79. The first-order valence-electron chi connectivity index (χ1n) is 6.04. The van der Waals surface area contributed by atoms with Crippen LogP contribution in [-0.4, -0.2) is 5.38 Å². The van der Waals surface area contributed by atoms with Gasteiger partial charge < -0.3 is 0 Å². The number of hydrogen-bond acceptors (Lipinski definition) is 0. The van der Waals surface area contributed by atoms with Gasteiger partial charge in [-0.25, -0.2) is 4.39 Å². The second-order valence-corrected chi connectivity index (χ2v) is 5.55. The average Bonchev–Trinajstić information content (AvgIpc) is 2.27. The van der Waals surface area contributed by atoms with Crippen LogP contribution in [0.1, 0.15) is 31.7 Å². The lowest BCUT2D eigenvalue weighted by molar-refractivity contribution is 0.285. The Hall–Kier alpha value is -0.560. The first kappa shape index (κ1) is 11.9. The second-order valence-electron chi connectivity index (χ2n) is 4.99. The van der Waals surface area contributed by atoms with E-state index < -0.39 is 0 Å². The predicted molar refractivity (Wildman–Crippen MR) is 66.3 cm³/mol. The molecule has 3 unspecified atom stereocenters. The molecule has 0 amide bonds. The van der Waals surface area contributed by atoms with E-state index in [1.807, 2.05) is 12.1 Å². The highest BCUT2D eigenvalue weighted by atomic mass is 35.5. The van der Waals surface area contributed by atoms with Gasteiger partial charge in [-0.15, -0.1) is 11.6 Å². The van der Waals surface area contributed by atoms with Gasteiger partial charge in [0.05, 0.1) is 0 Å². The maximum absolute atomic E-state index is 13.5. The summed E-state index contributed by atoms with van der Waals surface area (Å²) in [5, 5.41) is 0.218. The van der Waals surface area contributed by atoms with E-state index >= 15 is 0 Å². The summed E-state index contributed by atoms with van der Waals surface area (Å²) >= 11 is 6.33. The molecule has 0 saturated heterocycles. The van der Waals surface area contributed by atoms with Crippen molar-refractivity contribution in [3.63, 3.8) is 0 Å². The number of rotatable bonds is 2. The zero-order valence-corrected chi connectivity index (χ0v) is 10.4. The first-order valence-corrected chi connectivity index (χ1v) is 6.48. The Morgan fingerprint density at radius 3 is 2.81 bits per heavy atom. The Labute approximate surface area is 102 Å². The standard InChI is InChI=1S/C14H18ClF/c1-10-6-7-13(15)12(8-10)9-11-4-2-3-5-14(11)16/h2-5,10,12-13H,6-9H2,1H3. The van der Waals surface area contributed by atoms with Gasteiger partial charge >= 0.3 is 0 Å². The summed E-state index contributed by atoms with van der Waals surface area (Å²) < 4.78 is 13.5. The Morgan fingerprint density at radius 1 is 1.31 bits per heavy atom. The van der Waals surface area contributed by atoms with Crippen LogP contribution in [0.3, 0.4) is 0 Å². The molecule has 1 saturated carbocycles. The van der Waals surface area contributed by atoms with Crippen LogP contribution in [-0.2, 0) is 6.42 Å². The van der Waals surface area contributed by atoms with E-state index in [2.05, 4.69) is 6.92 Å². The van der Waals surface area contributed by atoms with Crippen molar-refractivity contribution in [3.05, 3.63) is 35.6 Å². The van der Waals surface area contributed by atoms with Crippen molar-refractivity contribution in [3.8, 4) is 0 Å². The molecule has 0 nitrogen and oxygen atoms in total. The summed E-state index contributed by atoms with van der Waals surface area (Å²) in [5.74, 6) is 1.07. The monoisotopic (exact) mass is 240 g/mol. The van der Waals surface area contributed by atoms with Crippen molar-refractivity contribution in [1.29, 1.82) is 0 Å². The molecule has 16 heavy (non-hydrogen) atoms. The Morgan fingerprint density at radius 2 is 2.06 bits per heavy atom. The van der Waals surface area contributed by atoms with E-state index in [1.165, 1.54) is 12.5 Å². The van der Waals surface area contributed by atoms with Gasteiger partial charge in [-0.1, -0.05) is 25.1 Å². The summed E-state index contributed by atoms with van der Waals surface area (Å²) in [6.45, 7) is 2.26. The topological polar surface area (TPSA) is 0 Å². The zero-order chi connectivity index (χ0) is 11.5. The van der Waals surface area contributed by atoms with Crippen LogP contribution in [0.5, 0.6) is 0 Å². The van der Waals surface area contributed by atoms with Crippen LogP contribution in [0.2, 0.25) is 0 Å². The van der Waals surface area contributed by atoms with Gasteiger partial charge in [0.2, 0.25) is 0 Å². The predicted octanol–water partition coefficient (Wildman–Crippen LogP) is 4.41. The van der Waals surface area contributed by atoms with Crippen LogP contribution in [0, 0.1) is 17.7 Å². The largest absolute Gasteiger partial charge is 0.207 e. The van der Waals surface area contributed by atoms with E-state index in [-0.39, 0.29) is 11.2 Å². The molecule has 0 heterocycles. The van der Waals surface area contributed by atoms with E-state index in [1.54, 1.807) is 6.07 Å². The number of halogens is 2. The van der Waals surface area contributed by atoms with E-state index in [0.29, 0.717) is 5.92 Å². The number of benzene rings is 1. The fourth-order valence-corrected chi connectivity index (χ4v) is 2.94. The summed E-state index contributed by atoms with van der Waals surface area (Å²) in [5.41, 5.74) is 0.812. The molecule has 0 N–H and O–H groups in total. The molecule has 1 aliphatic rings. The first-order chi connectivity index (χ1) is 7.66. The number of hydrogen-bond donors (Lipinski definition) is 0. The normalized spacial score (nSPS) is 30.3. The zero-order valence-electron chi connectivity index (χ0n) is 9.63. The van der Waals surface area contributed by atoms with Gasteiger partial charge in [0.25, 0.3) is 0 Å². The molecule has 1 aromatic rings. The molecule has 0 radical (unpaired) electrons. The van der Waals surface area contributed by atoms with Gasteiger partial charge in [0, 0.05) is 5.38 Å². The van der Waals surface area contributed by atoms with Crippen molar-refractivity contribution < 1.29 is 4.39 Å². The molecule has 88 valence electrons. The van der Waals surface area contributed by atoms with Gasteiger partial charge in [-0.05, 0) is 49.1 Å². The fraction of sp³-hybridized carbons (Fsp3) is 0.571. The molecule has 0 aliphatic heterocycles. The average molecular weight is 241 g/mol. The van der Waals surface area contributed by atoms with Crippen molar-refractivity contribution in [2.75, 3.05) is 0 Å². The maximum atomic E-state index is 13.5. The van der Waals surface area contributed by atoms with Crippen LogP contribution in [0.25, 0.3) is 0 Å². The minimum Gasteiger partial charge on any atom is -0.207 e. The molecule has 1 aromatic carbocycles. The highest BCUT2D eigenvalue weighted by Crippen LogP contribution is 2.34. The third-order valence-electron chi connectivity index (χ3n) is 3.59. The maximum Gasteiger partial charge on any atom is 0.126 e. The van der Waals surface area contributed by atoms with Crippen LogP contribution >= 0.6 is 11.6 Å². The van der Waals surface area contributed by atoms with Gasteiger partial charge in [-0.3, -0.25) is 0 Å². The summed E-state index contributed by atoms with van der Waals surface area (Å²) in [7, 11) is 0. The van der Waals surface area contributed by atoms with E-state index in [0.717, 1.165) is 30.7 Å². The van der Waals surface area contributed by atoms with Crippen molar-refractivity contribution in [2.24, 2.45) is 11.8 Å². The molecule has 1 aliphatic carbocycles. The van der Waals surface area contributed by atoms with Gasteiger partial charge in [-0.2, -0.15) is 0 Å². The molecule has 0 spiro atoms. The summed E-state index contributed by atoms with van der Waals surface area (Å²) in [6.07, 6.45) is 4.19. The molecule has 0 aromatic heterocycles. The minimum atomic E-state index is -0.0930. The number of alkyl halides is 1. The molecular weight excluding hydrogens is 223 g/mol. The molecule has 1 fully saturated rings.